The molecule has 116 valence electrons. The molecule has 5 heteroatoms. The number of hydrogen-bond donors (Lipinski definition) is 2. The fraction of sp³-hybridized carbons (Fsp3) is 0.111. The number of nitrogens with zero attached hydrogens (tertiary/aromatic N) is 1. The van der Waals surface area contributed by atoms with E-state index in [2.05, 4.69) is 10.3 Å². The number of aryl methyl sites for hydroxylation is 1. The molecule has 0 radical (unpaired) electrons. The molecule has 3 N–H and O–H groups in total. The van der Waals surface area contributed by atoms with E-state index < -0.39 is 0 Å². The van der Waals surface area contributed by atoms with Gasteiger partial charge in [-0.2, -0.15) is 0 Å². The maximum Gasteiger partial charge on any atom is 0.189 e. The second kappa shape index (κ2) is 6.62. The highest BCUT2D eigenvalue weighted by atomic mass is 32.1. The van der Waals surface area contributed by atoms with E-state index in [1.165, 1.54) is 16.9 Å². The van der Waals surface area contributed by atoms with Crippen LogP contribution in [0.15, 0.2) is 54.6 Å². The Morgan fingerprint density at radius 3 is 2.52 bits per heavy atom. The van der Waals surface area contributed by atoms with E-state index >= 15 is 0 Å². The van der Waals surface area contributed by atoms with Crippen molar-refractivity contribution in [3.05, 3.63) is 70.6 Å². The number of aromatic nitrogens is 1. The number of hydrogen-bond acceptors (Lipinski definition) is 5. The van der Waals surface area contributed by atoms with Crippen LogP contribution in [0.1, 0.15) is 20.8 Å². The van der Waals surface area contributed by atoms with Gasteiger partial charge in [0.1, 0.15) is 5.82 Å². The van der Waals surface area contributed by atoms with Crippen molar-refractivity contribution in [2.75, 3.05) is 11.1 Å². The minimum absolute atomic E-state index is 0.0443. The van der Waals surface area contributed by atoms with Crippen LogP contribution in [0.3, 0.4) is 0 Å². The Morgan fingerprint density at radius 2 is 1.83 bits per heavy atom. The molecule has 0 saturated heterocycles. The number of benzene rings is 2. The summed E-state index contributed by atoms with van der Waals surface area (Å²) < 4.78 is 0. The van der Waals surface area contributed by atoms with Gasteiger partial charge in [0.05, 0.1) is 4.88 Å². The van der Waals surface area contributed by atoms with Gasteiger partial charge in [-0.3, -0.25) is 4.79 Å². The van der Waals surface area contributed by atoms with Crippen LogP contribution >= 0.6 is 11.3 Å². The van der Waals surface area contributed by atoms with Crippen LogP contribution in [-0.2, 0) is 6.42 Å². The summed E-state index contributed by atoms with van der Waals surface area (Å²) in [5.74, 6) is 0.455. The topological polar surface area (TPSA) is 68.0 Å². The first-order valence-electron chi connectivity index (χ1n) is 7.29. The smallest absolute Gasteiger partial charge is 0.189 e. The Bertz CT molecular complexity index is 810. The number of carbonyl (C=O) groups excluding carboxylic acids is 1. The van der Waals surface area contributed by atoms with E-state index in [0.29, 0.717) is 16.5 Å². The molecule has 3 rings (SSSR count). The van der Waals surface area contributed by atoms with Gasteiger partial charge >= 0.3 is 0 Å². The molecule has 2 aromatic carbocycles. The van der Waals surface area contributed by atoms with Crippen LogP contribution in [0.5, 0.6) is 0 Å². The second-order valence-corrected chi connectivity index (χ2v) is 6.37. The predicted molar refractivity (Wildman–Crippen MR) is 95.5 cm³/mol. The van der Waals surface area contributed by atoms with E-state index in [0.717, 1.165) is 10.6 Å². The lowest BCUT2D eigenvalue weighted by Crippen LogP contribution is -2.03. The van der Waals surface area contributed by atoms with Gasteiger partial charge in [-0.1, -0.05) is 59.4 Å². The minimum Gasteiger partial charge on any atom is -0.383 e. The quantitative estimate of drug-likeness (QED) is 0.690. The largest absolute Gasteiger partial charge is 0.383 e. The number of Topliss-reactive ketones (excluding diaryl/α,β-unsaturated/α-hetero) is 1. The molecule has 1 aromatic heterocycles. The zero-order valence-electron chi connectivity index (χ0n) is 12.7. The zero-order chi connectivity index (χ0) is 16.2. The molecule has 3 aromatic rings. The summed E-state index contributed by atoms with van der Waals surface area (Å²) >= 11 is 1.41. The Balaban J connectivity index is 1.73. The van der Waals surface area contributed by atoms with E-state index in [4.69, 9.17) is 5.73 Å². The first-order valence-corrected chi connectivity index (χ1v) is 8.10. The lowest BCUT2D eigenvalue weighted by Gasteiger charge is -2.02. The van der Waals surface area contributed by atoms with Crippen molar-refractivity contribution < 1.29 is 4.79 Å². The Labute approximate surface area is 139 Å². The van der Waals surface area contributed by atoms with Gasteiger partial charge in [-0.15, -0.1) is 0 Å². The molecule has 0 amide bonds. The Hall–Kier alpha value is -2.66. The Kier molecular flexibility index (Phi) is 4.39. The van der Waals surface area contributed by atoms with Gasteiger partial charge in [0.2, 0.25) is 0 Å². The summed E-state index contributed by atoms with van der Waals surface area (Å²) in [6, 6.07) is 17.3. The minimum atomic E-state index is 0.0443. The van der Waals surface area contributed by atoms with E-state index in [-0.39, 0.29) is 12.2 Å². The molecular weight excluding hydrogens is 306 g/mol. The van der Waals surface area contributed by atoms with Crippen molar-refractivity contribution in [2.24, 2.45) is 0 Å². The summed E-state index contributed by atoms with van der Waals surface area (Å²) in [6.45, 7) is 2.04. The van der Waals surface area contributed by atoms with Crippen molar-refractivity contribution in [3.63, 3.8) is 0 Å². The molecule has 23 heavy (non-hydrogen) atoms. The highest BCUT2D eigenvalue weighted by Crippen LogP contribution is 2.28. The summed E-state index contributed by atoms with van der Waals surface area (Å²) in [5.41, 5.74) is 8.79. The van der Waals surface area contributed by atoms with E-state index in [1.54, 1.807) is 0 Å². The lowest BCUT2D eigenvalue weighted by atomic mass is 10.1. The molecule has 0 aliphatic rings. The van der Waals surface area contributed by atoms with Crippen molar-refractivity contribution in [1.29, 1.82) is 0 Å². The third-order valence-electron chi connectivity index (χ3n) is 3.45. The number of nitrogens with two attached hydrogens (primary N) is 1. The zero-order valence-corrected chi connectivity index (χ0v) is 13.6. The number of carbonyl (C=O) groups is 1. The van der Waals surface area contributed by atoms with Gasteiger partial charge in [-0.05, 0) is 19.1 Å². The van der Waals surface area contributed by atoms with Gasteiger partial charge in [0.15, 0.2) is 10.9 Å². The molecular formula is C18H17N3OS. The summed E-state index contributed by atoms with van der Waals surface area (Å²) in [7, 11) is 0. The standard InChI is InChI=1S/C18H17N3OS/c1-12-7-9-14(10-8-12)20-18-21-17(19)16(23-18)11-15(22)13-5-3-2-4-6-13/h2-10H,11,19H2,1H3,(H,20,21). The number of rotatable bonds is 5. The highest BCUT2D eigenvalue weighted by Gasteiger charge is 2.14. The molecule has 1 heterocycles. The first-order chi connectivity index (χ1) is 11.1. The van der Waals surface area contributed by atoms with Gasteiger partial charge < -0.3 is 11.1 Å². The number of thiazole rings is 1. The highest BCUT2D eigenvalue weighted by molar-refractivity contribution is 7.16. The maximum atomic E-state index is 12.3. The second-order valence-electron chi connectivity index (χ2n) is 5.28. The van der Waals surface area contributed by atoms with Gasteiger partial charge in [0, 0.05) is 17.7 Å². The molecule has 0 aliphatic heterocycles. The normalized spacial score (nSPS) is 10.5. The van der Waals surface area contributed by atoms with Crippen LogP contribution in [0, 0.1) is 6.92 Å². The molecule has 0 aliphatic carbocycles. The number of nitrogens with one attached hydrogen (secondary N) is 1. The third-order valence-corrected chi connectivity index (χ3v) is 4.43. The molecule has 0 unspecified atom stereocenters. The third kappa shape index (κ3) is 3.76. The van der Waals surface area contributed by atoms with Crippen molar-refractivity contribution in [3.8, 4) is 0 Å². The number of ketones is 1. The lowest BCUT2D eigenvalue weighted by molar-refractivity contribution is 0.0994. The average molecular weight is 323 g/mol. The van der Waals surface area contributed by atoms with Crippen molar-refractivity contribution in [2.45, 2.75) is 13.3 Å². The average Bonchev–Trinajstić information content (AvgIpc) is 2.90. The molecule has 0 spiro atoms. The molecule has 0 saturated carbocycles. The molecule has 0 bridgehead atoms. The number of nitrogen functional groups attached to an aromatic ring is 1. The summed E-state index contributed by atoms with van der Waals surface area (Å²) in [6.07, 6.45) is 0.267. The van der Waals surface area contributed by atoms with Crippen LogP contribution < -0.4 is 11.1 Å². The fourth-order valence-electron chi connectivity index (χ4n) is 2.18. The van der Waals surface area contributed by atoms with Crippen molar-refractivity contribution in [1.82, 2.24) is 4.98 Å². The SMILES string of the molecule is Cc1ccc(Nc2nc(N)c(CC(=O)c3ccccc3)s2)cc1. The molecule has 4 nitrogen and oxygen atoms in total. The van der Waals surface area contributed by atoms with E-state index in [9.17, 15) is 4.79 Å². The monoisotopic (exact) mass is 323 g/mol. The van der Waals surface area contributed by atoms with Crippen LogP contribution in [0.4, 0.5) is 16.6 Å². The maximum absolute atomic E-state index is 12.3. The van der Waals surface area contributed by atoms with Crippen molar-refractivity contribution >= 4 is 33.8 Å². The summed E-state index contributed by atoms with van der Waals surface area (Å²) in [4.78, 5) is 17.4. The number of anilines is 3. The van der Waals surface area contributed by atoms with Gasteiger partial charge in [0.25, 0.3) is 0 Å². The van der Waals surface area contributed by atoms with Crippen LogP contribution in [-0.4, -0.2) is 10.8 Å². The predicted octanol–water partition coefficient (Wildman–Crippen LogP) is 4.20. The fourth-order valence-corrected chi connectivity index (χ4v) is 3.08. The molecule has 0 atom stereocenters. The van der Waals surface area contributed by atoms with E-state index in [1.807, 2.05) is 61.5 Å². The Morgan fingerprint density at radius 1 is 1.13 bits per heavy atom. The first kappa shape index (κ1) is 15.2. The summed E-state index contributed by atoms with van der Waals surface area (Å²) in [5, 5.41) is 3.92. The van der Waals surface area contributed by atoms with Gasteiger partial charge in [-0.25, -0.2) is 4.98 Å². The molecule has 0 fully saturated rings. The van der Waals surface area contributed by atoms with Crippen LogP contribution in [0.25, 0.3) is 0 Å². The van der Waals surface area contributed by atoms with Crippen LogP contribution in [0.2, 0.25) is 0 Å².